The van der Waals surface area contributed by atoms with Crippen LogP contribution < -0.4 is 16.4 Å². The van der Waals surface area contributed by atoms with Crippen LogP contribution in [0.5, 0.6) is 0 Å². The quantitative estimate of drug-likeness (QED) is 0.280. The molecule has 0 aliphatic carbocycles. The molecule has 3 atom stereocenters. The summed E-state index contributed by atoms with van der Waals surface area (Å²) in [7, 11) is 0. The number of aliphatic hydroxyl groups excluding tert-OH is 1. The van der Waals surface area contributed by atoms with Crippen molar-refractivity contribution < 1.29 is 24.6 Å². The van der Waals surface area contributed by atoms with E-state index in [-0.39, 0.29) is 5.75 Å². The number of nitrogens with one attached hydrogen (secondary N) is 2. The van der Waals surface area contributed by atoms with Crippen LogP contribution in [0.2, 0.25) is 0 Å². The van der Waals surface area contributed by atoms with Crippen molar-refractivity contribution >= 4 is 30.4 Å². The van der Waals surface area contributed by atoms with Crippen molar-refractivity contribution in [1.82, 2.24) is 10.6 Å². The van der Waals surface area contributed by atoms with Crippen molar-refractivity contribution in [2.45, 2.75) is 25.0 Å². The normalized spacial score (nSPS) is 15.3. The highest BCUT2D eigenvalue weighted by atomic mass is 32.1. The second-order valence-corrected chi connectivity index (χ2v) is 3.97. The van der Waals surface area contributed by atoms with Gasteiger partial charge in [0.15, 0.2) is 0 Å². The van der Waals surface area contributed by atoms with Crippen molar-refractivity contribution in [1.29, 1.82) is 0 Å². The lowest BCUT2D eigenvalue weighted by Gasteiger charge is -2.19. The molecule has 0 radical (unpaired) electrons. The van der Waals surface area contributed by atoms with E-state index in [2.05, 4.69) is 23.3 Å². The minimum absolute atomic E-state index is 0.0805. The second kappa shape index (κ2) is 7.90. The molecule has 0 heterocycles. The third-order valence-electron chi connectivity index (χ3n) is 2.08. The number of aliphatic carboxylic acids is 1. The largest absolute Gasteiger partial charge is 0.480 e. The SMILES string of the molecule is CC(NC(=O)C(CO)NC(=O)C(N)CS)C(=O)O. The van der Waals surface area contributed by atoms with E-state index in [1.54, 1.807) is 0 Å². The van der Waals surface area contributed by atoms with E-state index in [9.17, 15) is 14.4 Å². The Labute approximate surface area is 109 Å². The maximum absolute atomic E-state index is 11.5. The van der Waals surface area contributed by atoms with Crippen molar-refractivity contribution in [2.24, 2.45) is 5.73 Å². The van der Waals surface area contributed by atoms with Gasteiger partial charge >= 0.3 is 5.97 Å². The van der Waals surface area contributed by atoms with Crippen LogP contribution in [0.25, 0.3) is 0 Å². The fourth-order valence-electron chi connectivity index (χ4n) is 0.931. The molecule has 0 saturated heterocycles. The van der Waals surface area contributed by atoms with Crippen LogP contribution in [-0.4, -0.2) is 58.5 Å². The number of carbonyl (C=O) groups is 3. The molecule has 0 aromatic carbocycles. The van der Waals surface area contributed by atoms with Gasteiger partial charge < -0.3 is 26.6 Å². The molecule has 0 rings (SSSR count). The zero-order valence-corrected chi connectivity index (χ0v) is 10.7. The smallest absolute Gasteiger partial charge is 0.325 e. The van der Waals surface area contributed by atoms with Gasteiger partial charge in [-0.05, 0) is 6.92 Å². The van der Waals surface area contributed by atoms with Gasteiger partial charge in [-0.15, -0.1) is 0 Å². The number of thiol groups is 1. The van der Waals surface area contributed by atoms with Crippen molar-refractivity contribution in [3.63, 3.8) is 0 Å². The lowest BCUT2D eigenvalue weighted by molar-refractivity contribution is -0.142. The van der Waals surface area contributed by atoms with Gasteiger partial charge in [0.1, 0.15) is 12.1 Å². The summed E-state index contributed by atoms with van der Waals surface area (Å²) in [6.45, 7) is 0.596. The first-order chi connectivity index (χ1) is 8.33. The summed E-state index contributed by atoms with van der Waals surface area (Å²) in [4.78, 5) is 33.4. The van der Waals surface area contributed by atoms with Crippen LogP contribution in [0.3, 0.4) is 0 Å². The molecule has 0 saturated carbocycles. The first-order valence-corrected chi connectivity index (χ1v) is 5.77. The highest BCUT2D eigenvalue weighted by Crippen LogP contribution is 1.90. The molecule has 8 nitrogen and oxygen atoms in total. The van der Waals surface area contributed by atoms with E-state index in [0.29, 0.717) is 0 Å². The van der Waals surface area contributed by atoms with Crippen molar-refractivity contribution in [2.75, 3.05) is 12.4 Å². The molecule has 0 bridgehead atoms. The molecule has 0 spiro atoms. The van der Waals surface area contributed by atoms with E-state index >= 15 is 0 Å². The first-order valence-electron chi connectivity index (χ1n) is 5.14. The Hall–Kier alpha value is -1.32. The maximum Gasteiger partial charge on any atom is 0.325 e. The zero-order valence-electron chi connectivity index (χ0n) is 9.79. The molecule has 18 heavy (non-hydrogen) atoms. The third kappa shape index (κ3) is 5.34. The van der Waals surface area contributed by atoms with E-state index in [1.165, 1.54) is 6.92 Å². The number of carboxylic acids is 1. The molecule has 0 aliphatic rings. The van der Waals surface area contributed by atoms with Crippen molar-refractivity contribution in [3.05, 3.63) is 0 Å². The number of amides is 2. The fraction of sp³-hybridized carbons (Fsp3) is 0.667. The van der Waals surface area contributed by atoms with Gasteiger partial charge in [-0.1, -0.05) is 0 Å². The van der Waals surface area contributed by atoms with Gasteiger partial charge in [0, 0.05) is 5.75 Å². The Morgan fingerprint density at radius 2 is 1.83 bits per heavy atom. The van der Waals surface area contributed by atoms with Crippen LogP contribution in [0.1, 0.15) is 6.92 Å². The molecular formula is C9H17N3O5S. The van der Waals surface area contributed by atoms with E-state index < -0.39 is 42.5 Å². The lowest BCUT2D eigenvalue weighted by Crippen LogP contribution is -2.55. The molecule has 0 aromatic heterocycles. The van der Waals surface area contributed by atoms with Gasteiger partial charge in [0.25, 0.3) is 0 Å². The molecule has 2 amide bonds. The molecular weight excluding hydrogens is 262 g/mol. The van der Waals surface area contributed by atoms with Crippen LogP contribution in [-0.2, 0) is 14.4 Å². The Morgan fingerprint density at radius 1 is 1.28 bits per heavy atom. The average molecular weight is 279 g/mol. The summed E-state index contributed by atoms with van der Waals surface area (Å²) < 4.78 is 0. The van der Waals surface area contributed by atoms with E-state index in [0.717, 1.165) is 0 Å². The molecule has 6 N–H and O–H groups in total. The van der Waals surface area contributed by atoms with Crippen LogP contribution in [0.15, 0.2) is 0 Å². The standard InChI is InChI=1S/C9H17N3O5S/c1-4(9(16)17)11-8(15)6(2-13)12-7(14)5(10)3-18/h4-6,13,18H,2-3,10H2,1H3,(H,11,15)(H,12,14)(H,16,17). The second-order valence-electron chi connectivity index (χ2n) is 3.60. The molecule has 0 aromatic rings. The Morgan fingerprint density at radius 3 is 2.22 bits per heavy atom. The van der Waals surface area contributed by atoms with Gasteiger partial charge in [-0.25, -0.2) is 0 Å². The molecule has 3 unspecified atom stereocenters. The molecule has 0 fully saturated rings. The topological polar surface area (TPSA) is 142 Å². The number of hydrogen-bond acceptors (Lipinski definition) is 6. The average Bonchev–Trinajstić information content (AvgIpc) is 2.33. The Bertz CT molecular complexity index is 325. The van der Waals surface area contributed by atoms with Crippen LogP contribution in [0, 0.1) is 0 Å². The highest BCUT2D eigenvalue weighted by molar-refractivity contribution is 7.80. The number of rotatable bonds is 7. The highest BCUT2D eigenvalue weighted by Gasteiger charge is 2.25. The lowest BCUT2D eigenvalue weighted by atomic mass is 10.2. The van der Waals surface area contributed by atoms with Crippen LogP contribution >= 0.6 is 12.6 Å². The predicted molar refractivity (Wildman–Crippen MR) is 66.1 cm³/mol. The zero-order chi connectivity index (χ0) is 14.3. The minimum Gasteiger partial charge on any atom is -0.480 e. The number of aliphatic hydroxyl groups is 1. The first kappa shape index (κ1) is 16.7. The number of carboxylic acid groups (broad SMARTS) is 1. The van der Waals surface area contributed by atoms with Gasteiger partial charge in [0.2, 0.25) is 11.8 Å². The summed E-state index contributed by atoms with van der Waals surface area (Å²) in [6, 6.07) is -3.28. The summed E-state index contributed by atoms with van der Waals surface area (Å²) in [5, 5.41) is 21.9. The van der Waals surface area contributed by atoms with Gasteiger partial charge in [0.05, 0.1) is 12.6 Å². The minimum atomic E-state index is -1.25. The summed E-state index contributed by atoms with van der Waals surface area (Å²) in [5.41, 5.74) is 5.37. The molecule has 104 valence electrons. The molecule has 0 aliphatic heterocycles. The number of hydrogen-bond donors (Lipinski definition) is 6. The summed E-state index contributed by atoms with van der Waals surface area (Å²) >= 11 is 3.81. The molecule has 9 heteroatoms. The number of carbonyl (C=O) groups excluding carboxylic acids is 2. The summed E-state index contributed by atoms with van der Waals surface area (Å²) in [6.07, 6.45) is 0. The van der Waals surface area contributed by atoms with Gasteiger partial charge in [-0.3, -0.25) is 14.4 Å². The van der Waals surface area contributed by atoms with Crippen molar-refractivity contribution in [3.8, 4) is 0 Å². The van der Waals surface area contributed by atoms with Gasteiger partial charge in [-0.2, -0.15) is 12.6 Å². The predicted octanol–water partition coefficient (Wildman–Crippen LogP) is -2.69. The van der Waals surface area contributed by atoms with E-state index in [1.807, 2.05) is 0 Å². The maximum atomic E-state index is 11.5. The third-order valence-corrected chi connectivity index (χ3v) is 2.47. The Balaban J connectivity index is 4.45. The summed E-state index contributed by atoms with van der Waals surface area (Å²) in [5.74, 6) is -2.59. The number of nitrogens with two attached hydrogens (primary N) is 1. The van der Waals surface area contributed by atoms with E-state index in [4.69, 9.17) is 15.9 Å². The fourth-order valence-corrected chi connectivity index (χ4v) is 1.10. The van der Waals surface area contributed by atoms with Crippen LogP contribution in [0.4, 0.5) is 0 Å². The Kier molecular flexibility index (Phi) is 7.32. The monoisotopic (exact) mass is 279 g/mol.